The molecule has 304 valence electrons. The number of hydrogen-bond acceptors (Lipinski definition) is 6. The van der Waals surface area contributed by atoms with Crippen LogP contribution in [0.3, 0.4) is 0 Å². The van der Waals surface area contributed by atoms with Gasteiger partial charge in [-0.2, -0.15) is 0 Å². The van der Waals surface area contributed by atoms with Crippen molar-refractivity contribution in [1.82, 2.24) is 0 Å². The molecule has 0 spiro atoms. The van der Waals surface area contributed by atoms with Crippen molar-refractivity contribution < 1.29 is 15.7 Å². The number of carbonyl (C=O) groups is 2. The normalized spacial score (nSPS) is 13.0. The second kappa shape index (κ2) is 38.7. The molecule has 2 atom stereocenters. The first-order valence-corrected chi connectivity index (χ1v) is 31.2. The first-order valence-electron chi connectivity index (χ1n) is 22.5. The maximum atomic E-state index is 13.5. The van der Waals surface area contributed by atoms with E-state index < -0.39 is 19.2 Å². The van der Waals surface area contributed by atoms with E-state index in [-0.39, 0.29) is 11.9 Å². The van der Waals surface area contributed by atoms with E-state index in [2.05, 4.69) is 41.5 Å². The van der Waals surface area contributed by atoms with Gasteiger partial charge in [0.2, 0.25) is 0 Å². The summed E-state index contributed by atoms with van der Waals surface area (Å²) in [7, 11) is 0. The third kappa shape index (κ3) is 32.4. The molecular weight excluding hydrogens is 775 g/mol. The molecule has 0 bridgehead atoms. The van der Waals surface area contributed by atoms with Crippen molar-refractivity contribution in [1.29, 1.82) is 0 Å². The Kier molecular flexibility index (Phi) is 39.0. The third-order valence-corrected chi connectivity index (χ3v) is 22.7. The first-order chi connectivity index (χ1) is 24.9. The first kappa shape index (κ1) is 51.4. The Labute approximate surface area is 333 Å². The Bertz CT molecular complexity index is 705. The van der Waals surface area contributed by atoms with E-state index in [9.17, 15) is 9.59 Å². The molecule has 0 fully saturated rings. The van der Waals surface area contributed by atoms with Gasteiger partial charge < -0.3 is 0 Å². The second-order valence-corrected chi connectivity index (χ2v) is 26.9. The summed E-state index contributed by atoms with van der Waals surface area (Å²) >= 11 is -0.553. The average molecular weight is 864 g/mol. The summed E-state index contributed by atoms with van der Waals surface area (Å²) in [5, 5.41) is 0. The van der Waals surface area contributed by atoms with E-state index >= 15 is 0 Å². The Morgan fingerprint density at radius 1 is 0.431 bits per heavy atom. The van der Waals surface area contributed by atoms with Gasteiger partial charge >= 0.3 is 335 Å². The van der Waals surface area contributed by atoms with E-state index in [1.54, 1.807) is 23.5 Å². The summed E-state index contributed by atoms with van der Waals surface area (Å²) in [6.07, 6.45) is 35.3. The molecule has 0 aromatic carbocycles. The minimum atomic E-state index is -4.02. The Morgan fingerprint density at radius 2 is 0.725 bits per heavy atom. The van der Waals surface area contributed by atoms with E-state index in [0.717, 1.165) is 58.9 Å². The zero-order chi connectivity index (χ0) is 37.7. The summed E-state index contributed by atoms with van der Waals surface area (Å²) in [6, 6.07) is 0. The molecule has 0 aliphatic rings. The summed E-state index contributed by atoms with van der Waals surface area (Å²) in [5.74, 6) is 3.88. The summed E-state index contributed by atoms with van der Waals surface area (Å²) in [4.78, 5) is 27.1. The molecule has 0 aliphatic heterocycles. The quantitative estimate of drug-likeness (QED) is 0.0452. The predicted octanol–water partition coefficient (Wildman–Crippen LogP) is 15.3. The minimum absolute atomic E-state index is 0.119. The van der Waals surface area contributed by atoms with E-state index in [1.165, 1.54) is 141 Å². The zero-order valence-corrected chi connectivity index (χ0v) is 39.6. The molecule has 0 rings (SSSR count). The second-order valence-electron chi connectivity index (χ2n) is 15.6. The molecule has 0 saturated carbocycles. The van der Waals surface area contributed by atoms with Gasteiger partial charge in [-0.25, -0.2) is 0 Å². The standard InChI is InChI=1S/2C12H25.2C10H20O2S.Sn/c2*1-3-5-7-9-11-12-10-8-6-4-2;2*1-3-5-6-9(4-2)7-13-8-10(11)12;/h2*1,3-12H2,2H3;2*9H,3-8H2,1-2H3,(H,11,12);/q;;;;+2/p-2. The molecule has 0 radical (unpaired) electrons. The van der Waals surface area contributed by atoms with Crippen LogP contribution in [0.4, 0.5) is 0 Å². The third-order valence-electron chi connectivity index (χ3n) is 10.7. The van der Waals surface area contributed by atoms with E-state index in [4.69, 9.17) is 6.15 Å². The molecule has 7 heteroatoms. The molecule has 0 heterocycles. The fourth-order valence-corrected chi connectivity index (χ4v) is 19.0. The SMILES string of the molecule is CCCCCCCCCCC[CH2][Sn]([CH2]CCCCCCCCCCC)([O]C(=O)CSCC(CC)CCCC)[O]C(=O)CSCC(CC)CCCC. The molecule has 0 aromatic rings. The van der Waals surface area contributed by atoms with Crippen LogP contribution in [0.25, 0.3) is 0 Å². The zero-order valence-electron chi connectivity index (χ0n) is 35.1. The summed E-state index contributed by atoms with van der Waals surface area (Å²) < 4.78 is 14.8. The van der Waals surface area contributed by atoms with Gasteiger partial charge in [-0.1, -0.05) is 0 Å². The molecule has 0 aromatic heterocycles. The van der Waals surface area contributed by atoms with Crippen LogP contribution >= 0.6 is 23.5 Å². The van der Waals surface area contributed by atoms with Crippen LogP contribution in [0.5, 0.6) is 0 Å². The van der Waals surface area contributed by atoms with Crippen LogP contribution in [-0.4, -0.2) is 54.2 Å². The van der Waals surface area contributed by atoms with E-state index in [1.807, 2.05) is 0 Å². The molecular formula is C44H88O4S2Sn. The van der Waals surface area contributed by atoms with E-state index in [0.29, 0.717) is 23.3 Å². The average Bonchev–Trinajstić information content (AvgIpc) is 3.12. The molecule has 0 saturated heterocycles. The Hall–Kier alpha value is 0.439. The monoisotopic (exact) mass is 865 g/mol. The van der Waals surface area contributed by atoms with Crippen molar-refractivity contribution in [2.45, 2.75) is 230 Å². The van der Waals surface area contributed by atoms with Gasteiger partial charge in [-0.3, -0.25) is 0 Å². The summed E-state index contributed by atoms with van der Waals surface area (Å²) in [5.41, 5.74) is 0. The van der Waals surface area contributed by atoms with Crippen molar-refractivity contribution in [3.63, 3.8) is 0 Å². The van der Waals surface area contributed by atoms with Gasteiger partial charge in [0.05, 0.1) is 0 Å². The molecule has 0 N–H and O–H groups in total. The van der Waals surface area contributed by atoms with Gasteiger partial charge in [0.25, 0.3) is 0 Å². The van der Waals surface area contributed by atoms with Crippen LogP contribution in [0, 0.1) is 11.8 Å². The summed E-state index contributed by atoms with van der Waals surface area (Å²) in [6.45, 7) is 13.6. The van der Waals surface area contributed by atoms with Crippen molar-refractivity contribution in [2.75, 3.05) is 23.0 Å². The van der Waals surface area contributed by atoms with Gasteiger partial charge in [0.15, 0.2) is 0 Å². The molecule has 2 unspecified atom stereocenters. The number of rotatable bonds is 40. The van der Waals surface area contributed by atoms with Crippen LogP contribution in [-0.2, 0) is 15.7 Å². The number of hydrogen-bond donors (Lipinski definition) is 0. The number of thioether (sulfide) groups is 2. The maximum absolute atomic E-state index is 13.5. The van der Waals surface area contributed by atoms with Crippen molar-refractivity contribution in [3.05, 3.63) is 0 Å². The fraction of sp³-hybridized carbons (Fsp3) is 0.955. The molecule has 0 amide bonds. The topological polar surface area (TPSA) is 52.6 Å². The number of carbonyl (C=O) groups excluding carboxylic acids is 2. The fourth-order valence-electron chi connectivity index (χ4n) is 7.00. The van der Waals surface area contributed by atoms with Crippen LogP contribution in [0.1, 0.15) is 221 Å². The van der Waals surface area contributed by atoms with Crippen molar-refractivity contribution >= 4 is 54.7 Å². The van der Waals surface area contributed by atoms with Gasteiger partial charge in [0, 0.05) is 0 Å². The molecule has 0 aliphatic carbocycles. The Balaban J connectivity index is 5.47. The molecule has 4 nitrogen and oxygen atoms in total. The van der Waals surface area contributed by atoms with Crippen LogP contribution in [0.15, 0.2) is 0 Å². The van der Waals surface area contributed by atoms with Crippen LogP contribution in [0.2, 0.25) is 8.87 Å². The van der Waals surface area contributed by atoms with Crippen molar-refractivity contribution in [3.8, 4) is 0 Å². The van der Waals surface area contributed by atoms with Gasteiger partial charge in [-0.15, -0.1) is 0 Å². The van der Waals surface area contributed by atoms with Crippen molar-refractivity contribution in [2.24, 2.45) is 11.8 Å². The van der Waals surface area contributed by atoms with Gasteiger partial charge in [0.1, 0.15) is 0 Å². The van der Waals surface area contributed by atoms with Gasteiger partial charge in [-0.05, 0) is 0 Å². The van der Waals surface area contributed by atoms with Crippen LogP contribution < -0.4 is 0 Å². The Morgan fingerprint density at radius 3 is 1.02 bits per heavy atom. The number of unbranched alkanes of at least 4 members (excludes halogenated alkanes) is 20. The predicted molar refractivity (Wildman–Crippen MR) is 233 cm³/mol. The molecule has 51 heavy (non-hydrogen) atoms.